The second-order valence-electron chi connectivity index (χ2n) is 7.37. The van der Waals surface area contributed by atoms with E-state index in [0.29, 0.717) is 11.3 Å². The second-order valence-corrected chi connectivity index (χ2v) is 7.37. The van der Waals surface area contributed by atoms with Crippen LogP contribution >= 0.6 is 0 Å². The predicted molar refractivity (Wildman–Crippen MR) is 112 cm³/mol. The number of carbonyl (C=O) groups excluding carboxylic acids is 3. The molecule has 1 aliphatic heterocycles. The molecular formula is C23H24N4O3. The summed E-state index contributed by atoms with van der Waals surface area (Å²) < 4.78 is 0. The molecule has 1 unspecified atom stereocenters. The van der Waals surface area contributed by atoms with E-state index in [9.17, 15) is 14.4 Å². The summed E-state index contributed by atoms with van der Waals surface area (Å²) in [4.78, 5) is 40.7. The van der Waals surface area contributed by atoms with Crippen molar-refractivity contribution in [3.8, 4) is 6.07 Å². The number of amides is 4. The van der Waals surface area contributed by atoms with Gasteiger partial charge in [0, 0.05) is 5.69 Å². The lowest BCUT2D eigenvalue weighted by molar-refractivity contribution is -0.134. The maximum Gasteiger partial charge on any atom is 0.325 e. The molecule has 0 radical (unpaired) electrons. The van der Waals surface area contributed by atoms with E-state index >= 15 is 0 Å². The van der Waals surface area contributed by atoms with Crippen molar-refractivity contribution in [2.24, 2.45) is 0 Å². The SMILES string of the molecule is CCCc1ccc(C2(C)NC(=O)N(CC(=O)N(CC#N)c3ccccc3)C2=O)cc1. The molecule has 154 valence electrons. The Balaban J connectivity index is 1.80. The number of rotatable bonds is 7. The van der Waals surface area contributed by atoms with Crippen molar-refractivity contribution >= 4 is 23.5 Å². The van der Waals surface area contributed by atoms with Gasteiger partial charge in [-0.05, 0) is 36.6 Å². The van der Waals surface area contributed by atoms with Gasteiger partial charge in [0.05, 0.1) is 6.07 Å². The number of para-hydroxylation sites is 1. The third-order valence-corrected chi connectivity index (χ3v) is 5.24. The number of nitriles is 1. The van der Waals surface area contributed by atoms with Gasteiger partial charge in [0.15, 0.2) is 0 Å². The van der Waals surface area contributed by atoms with Crippen molar-refractivity contribution in [2.75, 3.05) is 18.0 Å². The summed E-state index contributed by atoms with van der Waals surface area (Å²) in [5.41, 5.74) is 1.11. The van der Waals surface area contributed by atoms with E-state index in [2.05, 4.69) is 12.2 Å². The van der Waals surface area contributed by atoms with Crippen LogP contribution in [0.4, 0.5) is 10.5 Å². The Labute approximate surface area is 175 Å². The molecule has 2 aromatic rings. The van der Waals surface area contributed by atoms with Gasteiger partial charge in [-0.15, -0.1) is 0 Å². The Morgan fingerprint density at radius 2 is 1.80 bits per heavy atom. The Morgan fingerprint density at radius 1 is 1.13 bits per heavy atom. The van der Waals surface area contributed by atoms with Crippen molar-refractivity contribution in [3.05, 3.63) is 65.7 Å². The Kier molecular flexibility index (Phi) is 6.17. The molecule has 1 N–H and O–H groups in total. The van der Waals surface area contributed by atoms with E-state index in [0.717, 1.165) is 23.3 Å². The number of hydrogen-bond donors (Lipinski definition) is 1. The van der Waals surface area contributed by atoms with Gasteiger partial charge in [0.2, 0.25) is 5.91 Å². The summed E-state index contributed by atoms with van der Waals surface area (Å²) in [5.74, 6) is -0.997. The van der Waals surface area contributed by atoms with Crippen molar-refractivity contribution in [3.63, 3.8) is 0 Å². The third kappa shape index (κ3) is 4.03. The fraction of sp³-hybridized carbons (Fsp3) is 0.304. The van der Waals surface area contributed by atoms with E-state index in [1.807, 2.05) is 30.3 Å². The molecule has 30 heavy (non-hydrogen) atoms. The molecule has 1 aliphatic rings. The van der Waals surface area contributed by atoms with Crippen molar-refractivity contribution in [2.45, 2.75) is 32.2 Å². The van der Waals surface area contributed by atoms with E-state index < -0.39 is 29.9 Å². The van der Waals surface area contributed by atoms with Gasteiger partial charge in [0.1, 0.15) is 18.6 Å². The van der Waals surface area contributed by atoms with Gasteiger partial charge in [-0.3, -0.25) is 19.4 Å². The summed E-state index contributed by atoms with van der Waals surface area (Å²) in [6, 6.07) is 17.6. The zero-order valence-electron chi connectivity index (χ0n) is 17.1. The minimum atomic E-state index is -1.24. The molecule has 4 amide bonds. The van der Waals surface area contributed by atoms with Crippen molar-refractivity contribution in [1.82, 2.24) is 10.2 Å². The molecule has 0 aliphatic carbocycles. The first kappa shape index (κ1) is 21.1. The first-order valence-electron chi connectivity index (χ1n) is 9.86. The molecule has 2 aromatic carbocycles. The predicted octanol–water partition coefficient (Wildman–Crippen LogP) is 2.96. The highest BCUT2D eigenvalue weighted by molar-refractivity contribution is 6.10. The number of imide groups is 1. The van der Waals surface area contributed by atoms with Gasteiger partial charge in [-0.1, -0.05) is 55.8 Å². The number of benzene rings is 2. The maximum atomic E-state index is 13.1. The monoisotopic (exact) mass is 404 g/mol. The average molecular weight is 404 g/mol. The molecule has 0 spiro atoms. The Morgan fingerprint density at radius 3 is 2.40 bits per heavy atom. The van der Waals surface area contributed by atoms with Crippen LogP contribution in [-0.2, 0) is 21.5 Å². The second kappa shape index (κ2) is 8.78. The number of urea groups is 1. The number of nitrogens with one attached hydrogen (secondary N) is 1. The zero-order chi connectivity index (χ0) is 21.7. The molecule has 0 saturated carbocycles. The third-order valence-electron chi connectivity index (χ3n) is 5.24. The summed E-state index contributed by atoms with van der Waals surface area (Å²) >= 11 is 0. The highest BCUT2D eigenvalue weighted by Crippen LogP contribution is 2.29. The van der Waals surface area contributed by atoms with Crippen LogP contribution in [0.5, 0.6) is 0 Å². The Hall–Kier alpha value is -3.66. The zero-order valence-corrected chi connectivity index (χ0v) is 17.1. The van der Waals surface area contributed by atoms with E-state index in [1.165, 1.54) is 4.90 Å². The van der Waals surface area contributed by atoms with Crippen molar-refractivity contribution in [1.29, 1.82) is 5.26 Å². The Bertz CT molecular complexity index is 982. The fourth-order valence-electron chi connectivity index (χ4n) is 3.55. The minimum absolute atomic E-state index is 0.178. The molecule has 7 nitrogen and oxygen atoms in total. The topological polar surface area (TPSA) is 93.5 Å². The van der Waals surface area contributed by atoms with E-state index in [-0.39, 0.29) is 6.54 Å². The van der Waals surface area contributed by atoms with Crippen LogP contribution in [0.2, 0.25) is 0 Å². The maximum absolute atomic E-state index is 13.1. The number of aryl methyl sites for hydroxylation is 1. The molecule has 1 saturated heterocycles. The lowest BCUT2D eigenvalue weighted by atomic mass is 9.91. The van der Waals surface area contributed by atoms with Gasteiger partial charge in [-0.2, -0.15) is 5.26 Å². The van der Waals surface area contributed by atoms with E-state index in [4.69, 9.17) is 5.26 Å². The first-order chi connectivity index (χ1) is 14.4. The van der Waals surface area contributed by atoms with Crippen LogP contribution in [0.1, 0.15) is 31.4 Å². The number of carbonyl (C=O) groups is 3. The smallest absolute Gasteiger partial charge is 0.319 e. The van der Waals surface area contributed by atoms with Gasteiger partial charge in [-0.25, -0.2) is 4.79 Å². The van der Waals surface area contributed by atoms with Crippen molar-refractivity contribution < 1.29 is 14.4 Å². The number of nitrogens with zero attached hydrogens (tertiary/aromatic N) is 3. The molecule has 1 atom stereocenters. The fourth-order valence-corrected chi connectivity index (χ4v) is 3.55. The molecule has 0 aromatic heterocycles. The molecule has 0 bridgehead atoms. The van der Waals surface area contributed by atoms with Gasteiger partial charge < -0.3 is 5.32 Å². The lowest BCUT2D eigenvalue weighted by Gasteiger charge is -2.24. The lowest BCUT2D eigenvalue weighted by Crippen LogP contribution is -2.44. The van der Waals surface area contributed by atoms with Gasteiger partial charge >= 0.3 is 6.03 Å². The molecule has 1 fully saturated rings. The molecular weight excluding hydrogens is 380 g/mol. The van der Waals surface area contributed by atoms with Crippen LogP contribution in [-0.4, -0.2) is 35.8 Å². The van der Waals surface area contributed by atoms with Crippen LogP contribution < -0.4 is 10.2 Å². The standard InChI is InChI=1S/C23H24N4O3/c1-3-7-17-10-12-18(13-11-17)23(2)21(29)27(22(30)25-23)16-20(28)26(15-14-24)19-8-5-4-6-9-19/h4-6,8-13H,3,7,15-16H2,1-2H3,(H,25,30). The molecule has 3 rings (SSSR count). The van der Waals surface area contributed by atoms with Gasteiger partial charge in [0.25, 0.3) is 5.91 Å². The summed E-state index contributed by atoms with van der Waals surface area (Å²) in [7, 11) is 0. The van der Waals surface area contributed by atoms with Crippen LogP contribution in [0, 0.1) is 11.3 Å². The number of anilines is 1. The minimum Gasteiger partial charge on any atom is -0.319 e. The van der Waals surface area contributed by atoms with Crippen LogP contribution in [0.15, 0.2) is 54.6 Å². The first-order valence-corrected chi connectivity index (χ1v) is 9.86. The highest BCUT2D eigenvalue weighted by Gasteiger charge is 2.49. The quantitative estimate of drug-likeness (QED) is 0.567. The van der Waals surface area contributed by atoms with Crippen LogP contribution in [0.25, 0.3) is 0 Å². The molecule has 1 heterocycles. The summed E-state index contributed by atoms with van der Waals surface area (Å²) in [5, 5.41) is 11.8. The van der Waals surface area contributed by atoms with E-state index in [1.54, 1.807) is 37.3 Å². The normalized spacial score (nSPS) is 18.1. The summed E-state index contributed by atoms with van der Waals surface area (Å²) in [6.07, 6.45) is 1.95. The molecule has 7 heteroatoms. The average Bonchev–Trinajstić information content (AvgIpc) is 2.97. The number of hydrogen-bond acceptors (Lipinski definition) is 4. The highest BCUT2D eigenvalue weighted by atomic mass is 16.2. The van der Waals surface area contributed by atoms with Crippen LogP contribution in [0.3, 0.4) is 0 Å². The largest absolute Gasteiger partial charge is 0.325 e. The summed E-state index contributed by atoms with van der Waals surface area (Å²) in [6.45, 7) is 3.11.